The first kappa shape index (κ1) is 20.7. The monoisotopic (exact) mass is 404 g/mol. The molecule has 0 radical (unpaired) electrons. The van der Waals surface area contributed by atoms with Gasteiger partial charge in [0.25, 0.3) is 0 Å². The molecule has 2 heterocycles. The van der Waals surface area contributed by atoms with Crippen molar-refractivity contribution >= 4 is 12.1 Å². The number of carbonyl (C=O) groups excluding carboxylic acids is 1. The second-order valence-electron chi connectivity index (χ2n) is 7.01. The van der Waals surface area contributed by atoms with Crippen LogP contribution in [0.2, 0.25) is 0 Å². The first-order chi connectivity index (χ1) is 13.8. The number of hydrogen-bond acceptors (Lipinski definition) is 7. The summed E-state index contributed by atoms with van der Waals surface area (Å²) in [6.07, 6.45) is -0.563. The SMILES string of the molecule is Cc1noc(-c2ccc(OC3CCOC(C(=O)O)C3)cc2)c1COC(=O)N(C)C. The van der Waals surface area contributed by atoms with Crippen LogP contribution in [0.5, 0.6) is 5.75 Å². The maximum atomic E-state index is 11.7. The van der Waals surface area contributed by atoms with E-state index in [-0.39, 0.29) is 12.7 Å². The molecule has 1 aliphatic rings. The molecule has 1 aromatic heterocycles. The minimum Gasteiger partial charge on any atom is -0.490 e. The maximum absolute atomic E-state index is 11.7. The third-order valence-corrected chi connectivity index (χ3v) is 4.62. The summed E-state index contributed by atoms with van der Waals surface area (Å²) in [5, 5.41) is 13.1. The zero-order valence-corrected chi connectivity index (χ0v) is 16.6. The van der Waals surface area contributed by atoms with Gasteiger partial charge < -0.3 is 28.7 Å². The van der Waals surface area contributed by atoms with E-state index in [1.807, 2.05) is 12.1 Å². The van der Waals surface area contributed by atoms with Gasteiger partial charge in [0.2, 0.25) is 0 Å². The normalized spacial score (nSPS) is 18.9. The Morgan fingerprint density at radius 3 is 2.66 bits per heavy atom. The lowest BCUT2D eigenvalue weighted by Gasteiger charge is -2.27. The fourth-order valence-electron chi connectivity index (χ4n) is 2.97. The number of hydrogen-bond donors (Lipinski definition) is 1. The molecule has 1 aliphatic heterocycles. The summed E-state index contributed by atoms with van der Waals surface area (Å²) in [7, 11) is 3.22. The largest absolute Gasteiger partial charge is 0.490 e. The second kappa shape index (κ2) is 8.95. The van der Waals surface area contributed by atoms with Crippen molar-refractivity contribution < 1.29 is 33.4 Å². The smallest absolute Gasteiger partial charge is 0.409 e. The molecular weight excluding hydrogens is 380 g/mol. The second-order valence-corrected chi connectivity index (χ2v) is 7.01. The van der Waals surface area contributed by atoms with Crippen LogP contribution in [0.15, 0.2) is 28.8 Å². The topological polar surface area (TPSA) is 111 Å². The third-order valence-electron chi connectivity index (χ3n) is 4.62. The minimum absolute atomic E-state index is 0.0541. The van der Waals surface area contributed by atoms with E-state index in [0.29, 0.717) is 42.2 Å². The number of carboxylic acids is 1. The van der Waals surface area contributed by atoms with Crippen LogP contribution in [0.25, 0.3) is 11.3 Å². The molecular formula is C20H24N2O7. The van der Waals surface area contributed by atoms with E-state index in [1.165, 1.54) is 4.90 Å². The Bertz CT molecular complexity index is 860. The Kier molecular flexibility index (Phi) is 6.38. The molecule has 29 heavy (non-hydrogen) atoms. The van der Waals surface area contributed by atoms with Gasteiger partial charge in [-0.1, -0.05) is 5.16 Å². The number of aryl methyl sites for hydroxylation is 1. The van der Waals surface area contributed by atoms with Crippen molar-refractivity contribution in [3.63, 3.8) is 0 Å². The molecule has 1 amide bonds. The summed E-state index contributed by atoms with van der Waals surface area (Å²) in [4.78, 5) is 24.1. The lowest BCUT2D eigenvalue weighted by molar-refractivity contribution is -0.156. The number of aliphatic carboxylic acids is 1. The molecule has 9 heteroatoms. The molecule has 1 fully saturated rings. The number of carboxylic acid groups (broad SMARTS) is 1. The fourth-order valence-corrected chi connectivity index (χ4v) is 2.97. The van der Waals surface area contributed by atoms with E-state index < -0.39 is 18.2 Å². The summed E-state index contributed by atoms with van der Waals surface area (Å²) in [5.74, 6) is 0.177. The van der Waals surface area contributed by atoms with E-state index in [4.69, 9.17) is 23.8 Å². The Balaban J connectivity index is 1.67. The third kappa shape index (κ3) is 5.05. The van der Waals surface area contributed by atoms with Crippen LogP contribution in [0.1, 0.15) is 24.1 Å². The van der Waals surface area contributed by atoms with E-state index in [2.05, 4.69) is 5.16 Å². The number of rotatable bonds is 6. The summed E-state index contributed by atoms with van der Waals surface area (Å²) >= 11 is 0. The number of aromatic nitrogens is 1. The standard InChI is InChI=1S/C20H24N2O7/c1-12-16(11-27-20(25)22(2)3)18(29-21-12)13-4-6-14(7-5-13)28-15-8-9-26-17(10-15)19(23)24/h4-7,15,17H,8-11H2,1-3H3,(H,23,24). The van der Waals surface area contributed by atoms with Crippen LogP contribution >= 0.6 is 0 Å². The van der Waals surface area contributed by atoms with Crippen molar-refractivity contribution in [2.45, 2.75) is 38.6 Å². The predicted molar refractivity (Wildman–Crippen MR) is 102 cm³/mol. The summed E-state index contributed by atoms with van der Waals surface area (Å²) in [6.45, 7) is 2.19. The highest BCUT2D eigenvalue weighted by Gasteiger charge is 2.29. The Morgan fingerprint density at radius 1 is 1.28 bits per heavy atom. The fraction of sp³-hybridized carbons (Fsp3) is 0.450. The zero-order chi connectivity index (χ0) is 21.0. The van der Waals surface area contributed by atoms with E-state index in [9.17, 15) is 9.59 Å². The van der Waals surface area contributed by atoms with Gasteiger partial charge in [0.15, 0.2) is 11.9 Å². The van der Waals surface area contributed by atoms with Crippen LogP contribution in [0, 0.1) is 6.92 Å². The number of benzene rings is 1. The van der Waals surface area contributed by atoms with E-state index in [1.54, 1.807) is 33.2 Å². The molecule has 1 aromatic carbocycles. The van der Waals surface area contributed by atoms with Crippen LogP contribution < -0.4 is 4.74 Å². The molecule has 0 saturated carbocycles. The van der Waals surface area contributed by atoms with Gasteiger partial charge in [0, 0.05) is 32.5 Å². The van der Waals surface area contributed by atoms with Gasteiger partial charge >= 0.3 is 12.1 Å². The van der Waals surface area contributed by atoms with Gasteiger partial charge in [-0.05, 0) is 31.2 Å². The van der Waals surface area contributed by atoms with E-state index >= 15 is 0 Å². The summed E-state index contributed by atoms with van der Waals surface area (Å²) in [5.41, 5.74) is 2.11. The molecule has 3 rings (SSSR count). The number of carbonyl (C=O) groups is 2. The van der Waals surface area contributed by atoms with E-state index in [0.717, 1.165) is 5.56 Å². The number of ether oxygens (including phenoxy) is 3. The van der Waals surface area contributed by atoms with Gasteiger partial charge in [-0.25, -0.2) is 9.59 Å². The minimum atomic E-state index is -0.975. The molecule has 0 bridgehead atoms. The average Bonchev–Trinajstić information content (AvgIpc) is 3.07. The first-order valence-electron chi connectivity index (χ1n) is 9.26. The molecule has 9 nitrogen and oxygen atoms in total. The van der Waals surface area contributed by atoms with Gasteiger partial charge in [-0.2, -0.15) is 0 Å². The van der Waals surface area contributed by atoms with Gasteiger partial charge in [0.05, 0.1) is 17.9 Å². The highest BCUT2D eigenvalue weighted by Crippen LogP contribution is 2.29. The lowest BCUT2D eigenvalue weighted by Crippen LogP contribution is -2.37. The molecule has 2 unspecified atom stereocenters. The Hall–Kier alpha value is -3.07. The molecule has 0 spiro atoms. The first-order valence-corrected chi connectivity index (χ1v) is 9.26. The van der Waals surface area contributed by atoms with Crippen LogP contribution in [-0.2, 0) is 20.9 Å². The van der Waals surface area contributed by atoms with Crippen LogP contribution in [0.3, 0.4) is 0 Å². The Labute approximate surface area is 168 Å². The van der Waals surface area contributed by atoms with Crippen molar-refractivity contribution in [2.75, 3.05) is 20.7 Å². The van der Waals surface area contributed by atoms with Gasteiger partial charge in [-0.3, -0.25) is 0 Å². The lowest BCUT2D eigenvalue weighted by atomic mass is 10.1. The number of nitrogens with zero attached hydrogens (tertiary/aromatic N) is 2. The highest BCUT2D eigenvalue weighted by atomic mass is 16.6. The summed E-state index contributed by atoms with van der Waals surface area (Å²) in [6, 6.07) is 7.21. The molecule has 156 valence electrons. The van der Waals surface area contributed by atoms with Crippen LogP contribution in [0.4, 0.5) is 4.79 Å². The van der Waals surface area contributed by atoms with Crippen LogP contribution in [-0.4, -0.2) is 60.1 Å². The molecule has 1 saturated heterocycles. The summed E-state index contributed by atoms with van der Waals surface area (Å²) < 4.78 is 21.8. The molecule has 2 aromatic rings. The maximum Gasteiger partial charge on any atom is 0.409 e. The van der Waals surface area contributed by atoms with Crippen molar-refractivity contribution in [1.29, 1.82) is 0 Å². The molecule has 2 atom stereocenters. The molecule has 1 N–H and O–H groups in total. The van der Waals surface area contributed by atoms with Gasteiger partial charge in [-0.15, -0.1) is 0 Å². The Morgan fingerprint density at radius 2 is 2.00 bits per heavy atom. The van der Waals surface area contributed by atoms with Crippen molar-refractivity contribution in [2.24, 2.45) is 0 Å². The predicted octanol–water partition coefficient (Wildman–Crippen LogP) is 2.86. The van der Waals surface area contributed by atoms with Crippen molar-refractivity contribution in [1.82, 2.24) is 10.1 Å². The van der Waals surface area contributed by atoms with Crippen molar-refractivity contribution in [3.8, 4) is 17.1 Å². The average molecular weight is 404 g/mol. The molecule has 0 aliphatic carbocycles. The highest BCUT2D eigenvalue weighted by molar-refractivity contribution is 5.72. The van der Waals surface area contributed by atoms with Gasteiger partial charge in [0.1, 0.15) is 18.5 Å². The number of amides is 1. The van der Waals surface area contributed by atoms with Crippen molar-refractivity contribution in [3.05, 3.63) is 35.5 Å². The quantitative estimate of drug-likeness (QED) is 0.782. The zero-order valence-electron chi connectivity index (χ0n) is 16.6.